The highest BCUT2D eigenvalue weighted by molar-refractivity contribution is 7.89. The first-order valence-corrected chi connectivity index (χ1v) is 8.78. The van der Waals surface area contributed by atoms with Gasteiger partial charge in [0.25, 0.3) is 10.0 Å². The normalized spacial score (nSPS) is 18.5. The van der Waals surface area contributed by atoms with Crippen LogP contribution in [0.15, 0.2) is 21.6 Å². The van der Waals surface area contributed by atoms with Crippen molar-refractivity contribution in [1.29, 1.82) is 0 Å². The van der Waals surface area contributed by atoms with Crippen molar-refractivity contribution < 1.29 is 22.7 Å². The van der Waals surface area contributed by atoms with Gasteiger partial charge in [0.2, 0.25) is 10.9 Å². The lowest BCUT2D eigenvalue weighted by molar-refractivity contribution is 0.0656. The molecule has 0 aromatic carbocycles. The van der Waals surface area contributed by atoms with Crippen LogP contribution in [0.2, 0.25) is 0 Å². The van der Waals surface area contributed by atoms with Crippen molar-refractivity contribution in [3.8, 4) is 0 Å². The highest BCUT2D eigenvalue weighted by Crippen LogP contribution is 2.28. The van der Waals surface area contributed by atoms with Crippen molar-refractivity contribution in [3.63, 3.8) is 0 Å². The zero-order valence-electron chi connectivity index (χ0n) is 12.0. The van der Waals surface area contributed by atoms with Gasteiger partial charge in [0.05, 0.1) is 0 Å². The second kappa shape index (κ2) is 6.62. The number of nitrogens with one attached hydrogen (secondary N) is 1. The van der Waals surface area contributed by atoms with Crippen LogP contribution in [0.5, 0.6) is 0 Å². The standard InChI is InChI=1S/C14H21NO5S/c1-2-11(10-6-4-3-5-7-10)15-21(18,19)13-9-8-12(20-13)14(16)17/h8-11,15H,2-7H2,1H3,(H,16,17). The molecule has 0 amide bonds. The fraction of sp³-hybridized carbons (Fsp3) is 0.643. The van der Waals surface area contributed by atoms with Crippen molar-refractivity contribution in [3.05, 3.63) is 17.9 Å². The zero-order chi connectivity index (χ0) is 15.5. The molecule has 1 saturated carbocycles. The van der Waals surface area contributed by atoms with Gasteiger partial charge < -0.3 is 9.52 Å². The fourth-order valence-electron chi connectivity index (χ4n) is 2.89. The molecule has 118 valence electrons. The third-order valence-electron chi connectivity index (χ3n) is 4.02. The number of carboxylic acid groups (broad SMARTS) is 1. The summed E-state index contributed by atoms with van der Waals surface area (Å²) >= 11 is 0. The van der Waals surface area contributed by atoms with Crippen LogP contribution in [-0.2, 0) is 10.0 Å². The summed E-state index contributed by atoms with van der Waals surface area (Å²) in [6.07, 6.45) is 6.23. The Kier molecular flexibility index (Phi) is 5.05. The van der Waals surface area contributed by atoms with E-state index in [0.29, 0.717) is 12.3 Å². The highest BCUT2D eigenvalue weighted by Gasteiger charge is 2.29. The molecule has 1 aromatic heterocycles. The van der Waals surface area contributed by atoms with Crippen LogP contribution in [-0.4, -0.2) is 25.5 Å². The number of furan rings is 1. The minimum Gasteiger partial charge on any atom is -0.475 e. The summed E-state index contributed by atoms with van der Waals surface area (Å²) in [5, 5.41) is 8.45. The van der Waals surface area contributed by atoms with Gasteiger partial charge in [-0.25, -0.2) is 17.9 Å². The zero-order valence-corrected chi connectivity index (χ0v) is 12.9. The third kappa shape index (κ3) is 3.85. The van der Waals surface area contributed by atoms with Crippen molar-refractivity contribution in [2.75, 3.05) is 0 Å². The molecule has 0 radical (unpaired) electrons. The highest BCUT2D eigenvalue weighted by atomic mass is 32.2. The van der Waals surface area contributed by atoms with Gasteiger partial charge in [-0.2, -0.15) is 0 Å². The van der Waals surface area contributed by atoms with E-state index in [1.165, 1.54) is 12.5 Å². The third-order valence-corrected chi connectivity index (χ3v) is 5.38. The molecule has 7 heteroatoms. The van der Waals surface area contributed by atoms with Crippen LogP contribution in [0.25, 0.3) is 0 Å². The van der Waals surface area contributed by atoms with E-state index in [0.717, 1.165) is 31.7 Å². The molecule has 6 nitrogen and oxygen atoms in total. The number of carboxylic acids is 1. The molecule has 1 aliphatic carbocycles. The van der Waals surface area contributed by atoms with Gasteiger partial charge >= 0.3 is 5.97 Å². The maximum Gasteiger partial charge on any atom is 0.371 e. The predicted octanol–water partition coefficient (Wildman–Crippen LogP) is 2.62. The number of sulfonamides is 1. The van der Waals surface area contributed by atoms with Gasteiger partial charge in [0, 0.05) is 6.04 Å². The van der Waals surface area contributed by atoms with Gasteiger partial charge in [-0.05, 0) is 37.3 Å². The largest absolute Gasteiger partial charge is 0.475 e. The molecule has 0 aliphatic heterocycles. The quantitative estimate of drug-likeness (QED) is 0.841. The Hall–Kier alpha value is -1.34. The Morgan fingerprint density at radius 3 is 2.57 bits per heavy atom. The molecule has 1 aromatic rings. The maximum absolute atomic E-state index is 12.3. The lowest BCUT2D eigenvalue weighted by Gasteiger charge is -2.29. The molecule has 0 bridgehead atoms. The lowest BCUT2D eigenvalue weighted by atomic mass is 9.83. The minimum atomic E-state index is -3.81. The van der Waals surface area contributed by atoms with Gasteiger partial charge in [-0.3, -0.25) is 0 Å². The van der Waals surface area contributed by atoms with E-state index in [4.69, 9.17) is 9.52 Å². The topological polar surface area (TPSA) is 96.6 Å². The van der Waals surface area contributed by atoms with Crippen LogP contribution >= 0.6 is 0 Å². The maximum atomic E-state index is 12.3. The second-order valence-corrected chi connectivity index (χ2v) is 7.10. The van der Waals surface area contributed by atoms with Gasteiger partial charge in [0.1, 0.15) is 0 Å². The summed E-state index contributed by atoms with van der Waals surface area (Å²) in [7, 11) is -3.81. The van der Waals surface area contributed by atoms with E-state index < -0.39 is 16.0 Å². The van der Waals surface area contributed by atoms with Crippen molar-refractivity contribution in [2.24, 2.45) is 5.92 Å². The van der Waals surface area contributed by atoms with Gasteiger partial charge in [0.15, 0.2) is 0 Å². The summed E-state index contributed by atoms with van der Waals surface area (Å²) in [6, 6.07) is 2.20. The molecule has 21 heavy (non-hydrogen) atoms. The van der Waals surface area contributed by atoms with Crippen molar-refractivity contribution >= 4 is 16.0 Å². The van der Waals surface area contributed by atoms with Crippen LogP contribution in [0.1, 0.15) is 56.0 Å². The molecule has 1 aliphatic rings. The number of carbonyl (C=O) groups is 1. The number of aromatic carboxylic acids is 1. The summed E-state index contributed by atoms with van der Waals surface area (Å²) in [5.41, 5.74) is 0. The van der Waals surface area contributed by atoms with Crippen molar-refractivity contribution in [2.45, 2.75) is 56.6 Å². The van der Waals surface area contributed by atoms with Crippen LogP contribution < -0.4 is 4.72 Å². The monoisotopic (exact) mass is 315 g/mol. The van der Waals surface area contributed by atoms with Crippen LogP contribution in [0.3, 0.4) is 0 Å². The molecule has 1 heterocycles. The molecule has 2 N–H and O–H groups in total. The average Bonchev–Trinajstić information content (AvgIpc) is 2.96. The Labute approximate surface area is 124 Å². The molecule has 2 rings (SSSR count). The summed E-state index contributed by atoms with van der Waals surface area (Å²) in [5.74, 6) is -1.32. The molecule has 0 spiro atoms. The van der Waals surface area contributed by atoms with E-state index in [2.05, 4.69) is 4.72 Å². The first-order valence-electron chi connectivity index (χ1n) is 7.29. The number of rotatable bonds is 6. The first-order chi connectivity index (χ1) is 9.94. The predicted molar refractivity (Wildman–Crippen MR) is 76.6 cm³/mol. The lowest BCUT2D eigenvalue weighted by Crippen LogP contribution is -2.40. The van der Waals surface area contributed by atoms with E-state index in [1.54, 1.807) is 0 Å². The average molecular weight is 315 g/mol. The summed E-state index contributed by atoms with van der Waals surface area (Å²) < 4.78 is 32.1. The van der Waals surface area contributed by atoms with Crippen LogP contribution in [0.4, 0.5) is 0 Å². The molecular formula is C14H21NO5S. The van der Waals surface area contributed by atoms with E-state index in [-0.39, 0.29) is 16.9 Å². The number of hydrogen-bond donors (Lipinski definition) is 2. The van der Waals surface area contributed by atoms with E-state index in [9.17, 15) is 13.2 Å². The van der Waals surface area contributed by atoms with Crippen molar-refractivity contribution in [1.82, 2.24) is 4.72 Å². The first kappa shape index (κ1) is 16.0. The molecule has 1 atom stereocenters. The van der Waals surface area contributed by atoms with Gasteiger partial charge in [-0.15, -0.1) is 0 Å². The Morgan fingerprint density at radius 1 is 1.38 bits per heavy atom. The number of hydrogen-bond acceptors (Lipinski definition) is 4. The smallest absolute Gasteiger partial charge is 0.371 e. The van der Waals surface area contributed by atoms with Gasteiger partial charge in [-0.1, -0.05) is 26.2 Å². The molecule has 1 unspecified atom stereocenters. The molecule has 1 fully saturated rings. The Balaban J connectivity index is 2.12. The molecular weight excluding hydrogens is 294 g/mol. The second-order valence-electron chi connectivity index (χ2n) is 5.46. The van der Waals surface area contributed by atoms with Crippen LogP contribution in [0, 0.1) is 5.92 Å². The minimum absolute atomic E-state index is 0.131. The fourth-order valence-corrected chi connectivity index (χ4v) is 4.21. The SMILES string of the molecule is CCC(NS(=O)(=O)c1ccc(C(=O)O)o1)C1CCCCC1. The Bertz CT molecular complexity index is 586. The van der Waals surface area contributed by atoms with E-state index in [1.807, 2.05) is 6.92 Å². The van der Waals surface area contributed by atoms with E-state index >= 15 is 0 Å². The summed E-state index contributed by atoms with van der Waals surface area (Å²) in [6.45, 7) is 1.95. The molecule has 0 saturated heterocycles. The summed E-state index contributed by atoms with van der Waals surface area (Å²) in [4.78, 5) is 10.8. The Morgan fingerprint density at radius 2 is 2.05 bits per heavy atom.